The number of nitrogens with zero attached hydrogens (tertiary/aromatic N) is 1. The lowest BCUT2D eigenvalue weighted by atomic mass is 10.1. The van der Waals surface area contributed by atoms with Gasteiger partial charge < -0.3 is 0 Å². The van der Waals surface area contributed by atoms with E-state index in [0.29, 0.717) is 11.3 Å². The van der Waals surface area contributed by atoms with Crippen molar-refractivity contribution in [2.75, 3.05) is 0 Å². The highest BCUT2D eigenvalue weighted by Crippen LogP contribution is 2.33. The van der Waals surface area contributed by atoms with E-state index in [9.17, 15) is 13.2 Å². The molecule has 0 radical (unpaired) electrons. The SMILES string of the molecule is FC(F)(F)c1cnc(-c2ccccc2)c(Cl)c1. The van der Waals surface area contributed by atoms with E-state index >= 15 is 0 Å². The van der Waals surface area contributed by atoms with Gasteiger partial charge in [-0.1, -0.05) is 41.9 Å². The Morgan fingerprint density at radius 1 is 1.06 bits per heavy atom. The van der Waals surface area contributed by atoms with E-state index in [1.54, 1.807) is 24.3 Å². The van der Waals surface area contributed by atoms with E-state index in [-0.39, 0.29) is 5.02 Å². The van der Waals surface area contributed by atoms with Crippen LogP contribution < -0.4 is 0 Å². The summed E-state index contributed by atoms with van der Waals surface area (Å²) in [7, 11) is 0. The van der Waals surface area contributed by atoms with E-state index < -0.39 is 11.7 Å². The van der Waals surface area contributed by atoms with E-state index in [2.05, 4.69) is 4.98 Å². The summed E-state index contributed by atoms with van der Waals surface area (Å²) in [6.45, 7) is 0. The van der Waals surface area contributed by atoms with Gasteiger partial charge in [0.05, 0.1) is 16.3 Å². The third-order valence-electron chi connectivity index (χ3n) is 2.22. The van der Waals surface area contributed by atoms with Gasteiger partial charge in [0.25, 0.3) is 0 Å². The highest BCUT2D eigenvalue weighted by molar-refractivity contribution is 6.33. The second-order valence-corrected chi connectivity index (χ2v) is 3.83. The second-order valence-electron chi connectivity index (χ2n) is 3.42. The van der Waals surface area contributed by atoms with Crippen molar-refractivity contribution in [3.8, 4) is 11.3 Å². The summed E-state index contributed by atoms with van der Waals surface area (Å²) in [4.78, 5) is 3.76. The van der Waals surface area contributed by atoms with Crippen molar-refractivity contribution in [3.05, 3.63) is 53.2 Å². The van der Waals surface area contributed by atoms with Crippen molar-refractivity contribution < 1.29 is 13.2 Å². The largest absolute Gasteiger partial charge is 0.417 e. The summed E-state index contributed by atoms with van der Waals surface area (Å²) in [5.41, 5.74) is 0.189. The molecule has 17 heavy (non-hydrogen) atoms. The molecule has 5 heteroatoms. The quantitative estimate of drug-likeness (QED) is 0.737. The molecule has 0 aliphatic carbocycles. The number of hydrogen-bond acceptors (Lipinski definition) is 1. The number of benzene rings is 1. The van der Waals surface area contributed by atoms with Gasteiger partial charge in [-0.3, -0.25) is 4.98 Å². The molecule has 2 aromatic rings. The molecule has 2 rings (SSSR count). The smallest absolute Gasteiger partial charge is 0.254 e. The van der Waals surface area contributed by atoms with Gasteiger partial charge in [0.1, 0.15) is 0 Å². The van der Waals surface area contributed by atoms with Crippen molar-refractivity contribution in [1.82, 2.24) is 4.98 Å². The molecule has 0 saturated carbocycles. The molecule has 88 valence electrons. The fraction of sp³-hybridized carbons (Fsp3) is 0.0833. The summed E-state index contributed by atoms with van der Waals surface area (Å²) in [5.74, 6) is 0. The molecular formula is C12H7ClF3N. The summed E-state index contributed by atoms with van der Waals surface area (Å²) in [6, 6.07) is 9.71. The molecule has 0 unspecified atom stereocenters. The monoisotopic (exact) mass is 257 g/mol. The van der Waals surface area contributed by atoms with Crippen molar-refractivity contribution in [3.63, 3.8) is 0 Å². The first kappa shape index (κ1) is 11.9. The summed E-state index contributed by atoms with van der Waals surface area (Å²) in [5, 5.41) is -0.00831. The lowest BCUT2D eigenvalue weighted by Gasteiger charge is -2.09. The molecule has 0 aliphatic rings. The number of hydrogen-bond donors (Lipinski definition) is 0. The maximum Gasteiger partial charge on any atom is 0.417 e. The summed E-state index contributed by atoms with van der Waals surface area (Å²) < 4.78 is 37.2. The van der Waals surface area contributed by atoms with Gasteiger partial charge in [-0.15, -0.1) is 0 Å². The Morgan fingerprint density at radius 2 is 1.71 bits per heavy atom. The minimum atomic E-state index is -4.42. The van der Waals surface area contributed by atoms with Crippen LogP contribution in [0.15, 0.2) is 42.6 Å². The fourth-order valence-corrected chi connectivity index (χ4v) is 1.68. The molecular weight excluding hydrogens is 251 g/mol. The third-order valence-corrected chi connectivity index (χ3v) is 2.50. The molecule has 0 bridgehead atoms. The zero-order chi connectivity index (χ0) is 12.5. The zero-order valence-corrected chi connectivity index (χ0v) is 9.26. The molecule has 1 nitrogen and oxygen atoms in total. The van der Waals surface area contributed by atoms with Crippen molar-refractivity contribution in [2.45, 2.75) is 6.18 Å². The van der Waals surface area contributed by atoms with Gasteiger partial charge in [0, 0.05) is 11.8 Å². The number of pyridine rings is 1. The lowest BCUT2D eigenvalue weighted by molar-refractivity contribution is -0.137. The first-order valence-corrected chi connectivity index (χ1v) is 5.14. The minimum Gasteiger partial charge on any atom is -0.254 e. The third kappa shape index (κ3) is 2.58. The van der Waals surface area contributed by atoms with Crippen LogP contribution in [0.2, 0.25) is 5.02 Å². The highest BCUT2D eigenvalue weighted by Gasteiger charge is 2.31. The topological polar surface area (TPSA) is 12.9 Å². The van der Waals surface area contributed by atoms with Gasteiger partial charge in [-0.25, -0.2) is 0 Å². The summed E-state index contributed by atoms with van der Waals surface area (Å²) >= 11 is 5.81. The van der Waals surface area contributed by atoms with E-state index in [1.807, 2.05) is 6.07 Å². The van der Waals surface area contributed by atoms with Gasteiger partial charge in [0.15, 0.2) is 0 Å². The van der Waals surface area contributed by atoms with Gasteiger partial charge >= 0.3 is 6.18 Å². The van der Waals surface area contributed by atoms with Crippen molar-refractivity contribution in [2.24, 2.45) is 0 Å². The Morgan fingerprint density at radius 3 is 2.24 bits per heavy atom. The number of halogens is 4. The lowest BCUT2D eigenvalue weighted by Crippen LogP contribution is -2.05. The molecule has 1 aromatic carbocycles. The summed E-state index contributed by atoms with van der Waals surface area (Å²) in [6.07, 6.45) is -3.64. The van der Waals surface area contributed by atoms with Gasteiger partial charge in [0.2, 0.25) is 0 Å². The normalized spacial score (nSPS) is 11.5. The Balaban J connectivity index is 2.46. The van der Waals surface area contributed by atoms with E-state index in [4.69, 9.17) is 11.6 Å². The van der Waals surface area contributed by atoms with Crippen LogP contribution in [0.3, 0.4) is 0 Å². The predicted molar refractivity (Wildman–Crippen MR) is 59.7 cm³/mol. The first-order chi connectivity index (χ1) is 7.98. The number of aromatic nitrogens is 1. The van der Waals surface area contributed by atoms with Crippen LogP contribution >= 0.6 is 11.6 Å². The van der Waals surface area contributed by atoms with E-state index in [0.717, 1.165) is 12.3 Å². The van der Waals surface area contributed by atoms with Gasteiger partial charge in [-0.05, 0) is 6.07 Å². The predicted octanol–water partition coefficient (Wildman–Crippen LogP) is 4.42. The van der Waals surface area contributed by atoms with Crippen LogP contribution in [0.1, 0.15) is 5.56 Å². The Bertz CT molecular complexity index is 523. The molecule has 1 aromatic heterocycles. The standard InChI is InChI=1S/C12H7ClF3N/c13-10-6-9(12(14,15)16)7-17-11(10)8-4-2-1-3-5-8/h1-7H. The highest BCUT2D eigenvalue weighted by atomic mass is 35.5. The minimum absolute atomic E-state index is 0.00831. The molecule has 0 N–H and O–H groups in total. The van der Waals surface area contributed by atoms with Crippen LogP contribution in [0.4, 0.5) is 13.2 Å². The van der Waals surface area contributed by atoms with Crippen molar-refractivity contribution >= 4 is 11.6 Å². The van der Waals surface area contributed by atoms with Crippen LogP contribution in [0.25, 0.3) is 11.3 Å². The fourth-order valence-electron chi connectivity index (χ4n) is 1.40. The molecule has 1 heterocycles. The first-order valence-electron chi connectivity index (χ1n) is 4.76. The average molecular weight is 258 g/mol. The van der Waals surface area contributed by atoms with Crippen LogP contribution in [-0.2, 0) is 6.18 Å². The Labute approximate surface area is 101 Å². The number of alkyl halides is 3. The van der Waals surface area contributed by atoms with Gasteiger partial charge in [-0.2, -0.15) is 13.2 Å². The average Bonchev–Trinajstić information content (AvgIpc) is 2.29. The Kier molecular flexibility index (Phi) is 3.07. The van der Waals surface area contributed by atoms with Crippen LogP contribution in [-0.4, -0.2) is 4.98 Å². The second kappa shape index (κ2) is 4.37. The Hall–Kier alpha value is -1.55. The molecule has 0 aliphatic heterocycles. The molecule has 0 spiro atoms. The molecule has 0 atom stereocenters. The molecule has 0 fully saturated rings. The van der Waals surface area contributed by atoms with E-state index in [1.165, 1.54) is 0 Å². The van der Waals surface area contributed by atoms with Crippen LogP contribution in [0, 0.1) is 0 Å². The molecule has 0 amide bonds. The maximum atomic E-state index is 12.4. The maximum absolute atomic E-state index is 12.4. The van der Waals surface area contributed by atoms with Crippen molar-refractivity contribution in [1.29, 1.82) is 0 Å². The molecule has 0 saturated heterocycles. The zero-order valence-electron chi connectivity index (χ0n) is 8.50. The number of rotatable bonds is 1. The van der Waals surface area contributed by atoms with Crippen LogP contribution in [0.5, 0.6) is 0 Å².